The highest BCUT2D eigenvalue weighted by molar-refractivity contribution is 5.85. The summed E-state index contributed by atoms with van der Waals surface area (Å²) in [6, 6.07) is 5.25. The fraction of sp³-hybridized carbons (Fsp3) is 0.478. The molecule has 0 spiro atoms. The number of aryl methyl sites for hydroxylation is 1. The van der Waals surface area contributed by atoms with Crippen molar-refractivity contribution in [3.05, 3.63) is 46.3 Å². The third kappa shape index (κ3) is 5.07. The lowest BCUT2D eigenvalue weighted by molar-refractivity contribution is 0.161. The molecule has 0 unspecified atom stereocenters. The van der Waals surface area contributed by atoms with Crippen LogP contribution in [-0.2, 0) is 13.6 Å². The van der Waals surface area contributed by atoms with Crippen LogP contribution in [-0.4, -0.2) is 45.6 Å². The Hall–Kier alpha value is -2.98. The summed E-state index contributed by atoms with van der Waals surface area (Å²) in [7, 11) is 1.60. The number of halogens is 2. The minimum Gasteiger partial charge on any atom is -0.488 e. The standard InChI is InChI=1S/C23H26FN5O4.ClH/c1-29-20(30)7-6-18-21(29)22(17(24)12-26-18)33-13-14-2-4-15(5-3-14)25-11-16-10-19-23(28-27-16)32-9-8-31-19;/h6-7,10,12,14-15,25H,2-5,8-9,11,13H2,1H3;1H. The second-order valence-corrected chi connectivity index (χ2v) is 8.51. The van der Waals surface area contributed by atoms with Crippen LogP contribution >= 0.6 is 12.4 Å². The molecule has 1 saturated carbocycles. The molecule has 3 aromatic rings. The maximum absolute atomic E-state index is 14.5. The second-order valence-electron chi connectivity index (χ2n) is 8.51. The fourth-order valence-electron chi connectivity index (χ4n) is 4.39. The predicted molar refractivity (Wildman–Crippen MR) is 125 cm³/mol. The van der Waals surface area contributed by atoms with Gasteiger partial charge in [0.25, 0.3) is 11.4 Å². The van der Waals surface area contributed by atoms with Gasteiger partial charge < -0.3 is 24.1 Å². The number of fused-ring (bicyclic) bond motifs is 2. The van der Waals surface area contributed by atoms with Gasteiger partial charge in [-0.2, -0.15) is 5.10 Å². The molecule has 9 nitrogen and oxygen atoms in total. The lowest BCUT2D eigenvalue weighted by atomic mass is 9.86. The van der Waals surface area contributed by atoms with Crippen molar-refractivity contribution in [3.8, 4) is 17.4 Å². The van der Waals surface area contributed by atoms with Crippen LogP contribution < -0.4 is 25.1 Å². The number of nitrogens with zero attached hydrogens (tertiary/aromatic N) is 4. The Kier molecular flexibility index (Phi) is 7.47. The van der Waals surface area contributed by atoms with E-state index in [0.29, 0.717) is 61.0 Å². The fourth-order valence-corrected chi connectivity index (χ4v) is 4.39. The maximum atomic E-state index is 14.5. The molecule has 0 amide bonds. The SMILES string of the molecule is Cl.Cn1c(=O)ccc2ncc(F)c(OCC3CCC(NCc4cc5c(nn4)OCCO5)CC3)c21. The van der Waals surface area contributed by atoms with Gasteiger partial charge in [0, 0.05) is 31.8 Å². The smallest absolute Gasteiger partial charge is 0.276 e. The second kappa shape index (κ2) is 10.5. The molecule has 0 atom stereocenters. The molecule has 1 aliphatic carbocycles. The first-order valence-electron chi connectivity index (χ1n) is 11.2. The summed E-state index contributed by atoms with van der Waals surface area (Å²) in [5.74, 6) is 0.948. The van der Waals surface area contributed by atoms with Gasteiger partial charge in [-0.05, 0) is 37.7 Å². The molecule has 1 fully saturated rings. The van der Waals surface area contributed by atoms with Crippen molar-refractivity contribution in [1.82, 2.24) is 25.1 Å². The Balaban J connectivity index is 0.00000274. The molecule has 0 bridgehead atoms. The lowest BCUT2D eigenvalue weighted by Gasteiger charge is -2.29. The van der Waals surface area contributed by atoms with Crippen molar-refractivity contribution in [1.29, 1.82) is 0 Å². The van der Waals surface area contributed by atoms with Crippen LogP contribution in [0, 0.1) is 11.7 Å². The van der Waals surface area contributed by atoms with Crippen LogP contribution in [0.5, 0.6) is 17.4 Å². The van der Waals surface area contributed by atoms with E-state index in [-0.39, 0.29) is 23.7 Å². The highest BCUT2D eigenvalue weighted by Gasteiger charge is 2.23. The molecule has 5 rings (SSSR count). The predicted octanol–water partition coefficient (Wildman–Crippen LogP) is 2.78. The van der Waals surface area contributed by atoms with E-state index in [1.165, 1.54) is 10.6 Å². The number of ether oxygens (including phenoxy) is 3. The molecule has 1 N–H and O–H groups in total. The summed E-state index contributed by atoms with van der Waals surface area (Å²) in [4.78, 5) is 16.1. The Morgan fingerprint density at radius 3 is 2.79 bits per heavy atom. The monoisotopic (exact) mass is 491 g/mol. The van der Waals surface area contributed by atoms with Crippen LogP contribution in [0.15, 0.2) is 29.2 Å². The zero-order valence-corrected chi connectivity index (χ0v) is 19.6. The minimum absolute atomic E-state index is 0. The molecule has 11 heteroatoms. The number of hydrogen-bond acceptors (Lipinski definition) is 8. The number of aromatic nitrogens is 4. The van der Waals surface area contributed by atoms with Gasteiger partial charge in [0.1, 0.15) is 18.7 Å². The van der Waals surface area contributed by atoms with Crippen molar-refractivity contribution < 1.29 is 18.6 Å². The van der Waals surface area contributed by atoms with Crippen LogP contribution in [0.1, 0.15) is 31.4 Å². The van der Waals surface area contributed by atoms with E-state index in [0.717, 1.165) is 37.6 Å². The van der Waals surface area contributed by atoms with Crippen molar-refractivity contribution in [2.24, 2.45) is 13.0 Å². The first kappa shape index (κ1) is 24.2. The topological polar surface area (TPSA) is 100 Å². The summed E-state index contributed by atoms with van der Waals surface area (Å²) in [5.41, 5.74) is 1.51. The van der Waals surface area contributed by atoms with Gasteiger partial charge in [-0.1, -0.05) is 0 Å². The van der Waals surface area contributed by atoms with Crippen molar-refractivity contribution in [2.45, 2.75) is 38.3 Å². The lowest BCUT2D eigenvalue weighted by Crippen LogP contribution is -2.34. The summed E-state index contributed by atoms with van der Waals surface area (Å²) < 4.78 is 32.7. The first-order valence-corrected chi connectivity index (χ1v) is 11.2. The molecular weight excluding hydrogens is 465 g/mol. The molecule has 4 heterocycles. The summed E-state index contributed by atoms with van der Waals surface area (Å²) in [5, 5.41) is 11.8. The average Bonchev–Trinajstić information content (AvgIpc) is 2.85. The Morgan fingerprint density at radius 1 is 1.18 bits per heavy atom. The highest BCUT2D eigenvalue weighted by atomic mass is 35.5. The molecule has 3 aromatic heterocycles. The quantitative estimate of drug-likeness (QED) is 0.562. The van der Waals surface area contributed by atoms with Gasteiger partial charge in [0.2, 0.25) is 0 Å². The van der Waals surface area contributed by atoms with Gasteiger partial charge in [0.15, 0.2) is 17.3 Å². The first-order chi connectivity index (χ1) is 16.1. The van der Waals surface area contributed by atoms with Crippen LogP contribution in [0.3, 0.4) is 0 Å². The van der Waals surface area contributed by atoms with Gasteiger partial charge >= 0.3 is 0 Å². The van der Waals surface area contributed by atoms with Crippen molar-refractivity contribution >= 4 is 23.4 Å². The zero-order valence-electron chi connectivity index (χ0n) is 18.8. The molecule has 0 radical (unpaired) electrons. The summed E-state index contributed by atoms with van der Waals surface area (Å²) >= 11 is 0. The van der Waals surface area contributed by atoms with E-state index >= 15 is 0 Å². The Morgan fingerprint density at radius 2 is 1.97 bits per heavy atom. The van der Waals surface area contributed by atoms with Gasteiger partial charge in [-0.15, -0.1) is 17.5 Å². The third-order valence-electron chi connectivity index (χ3n) is 6.28. The number of pyridine rings is 2. The zero-order chi connectivity index (χ0) is 22.8. The summed E-state index contributed by atoms with van der Waals surface area (Å²) in [6.45, 7) is 2.03. The van der Waals surface area contributed by atoms with Crippen LogP contribution in [0.4, 0.5) is 4.39 Å². The average molecular weight is 492 g/mol. The minimum atomic E-state index is -0.556. The normalized spacial score (nSPS) is 19.5. The largest absolute Gasteiger partial charge is 0.488 e. The molecule has 182 valence electrons. The Bertz CT molecular complexity index is 1220. The van der Waals surface area contributed by atoms with E-state index in [4.69, 9.17) is 14.2 Å². The van der Waals surface area contributed by atoms with E-state index in [9.17, 15) is 9.18 Å². The third-order valence-corrected chi connectivity index (χ3v) is 6.28. The van der Waals surface area contributed by atoms with Gasteiger partial charge in [0.05, 0.1) is 24.0 Å². The Labute approximate surface area is 202 Å². The van der Waals surface area contributed by atoms with E-state index in [1.807, 2.05) is 6.07 Å². The van der Waals surface area contributed by atoms with Crippen LogP contribution in [0.2, 0.25) is 0 Å². The number of nitrogens with one attached hydrogen (secondary N) is 1. The van der Waals surface area contributed by atoms with E-state index in [2.05, 4.69) is 20.5 Å². The number of hydrogen-bond donors (Lipinski definition) is 1. The molecule has 1 aliphatic heterocycles. The number of rotatable bonds is 6. The van der Waals surface area contributed by atoms with Crippen molar-refractivity contribution in [2.75, 3.05) is 19.8 Å². The molecule has 0 saturated heterocycles. The van der Waals surface area contributed by atoms with Gasteiger partial charge in [-0.3, -0.25) is 9.78 Å². The van der Waals surface area contributed by atoms with E-state index < -0.39 is 5.82 Å². The highest BCUT2D eigenvalue weighted by Crippen LogP contribution is 2.30. The van der Waals surface area contributed by atoms with E-state index in [1.54, 1.807) is 13.1 Å². The molecule has 2 aliphatic rings. The molecular formula is C23H27ClFN5O4. The molecule has 34 heavy (non-hydrogen) atoms. The van der Waals surface area contributed by atoms with Crippen LogP contribution in [0.25, 0.3) is 11.0 Å². The summed E-state index contributed by atoms with van der Waals surface area (Å²) in [6.07, 6.45) is 5.06. The maximum Gasteiger partial charge on any atom is 0.276 e. The van der Waals surface area contributed by atoms with Crippen molar-refractivity contribution in [3.63, 3.8) is 0 Å². The molecule has 0 aromatic carbocycles. The van der Waals surface area contributed by atoms with Gasteiger partial charge in [-0.25, -0.2) is 4.39 Å².